The first-order valence-corrected chi connectivity index (χ1v) is 18.1. The number of hydrogen-bond acceptors (Lipinski definition) is 7. The first-order valence-electron chi connectivity index (χ1n) is 14.4. The summed E-state index contributed by atoms with van der Waals surface area (Å²) in [4.78, 5) is 0. The summed E-state index contributed by atoms with van der Waals surface area (Å²) in [6, 6.07) is 29.0. The van der Waals surface area contributed by atoms with Gasteiger partial charge in [-0.1, -0.05) is 92.4 Å². The minimum absolute atomic E-state index is 0.353. The molecule has 6 atom stereocenters. The lowest BCUT2D eigenvalue weighted by atomic mass is 9.97. The second-order valence-electron chi connectivity index (χ2n) is 11.8. The minimum Gasteiger partial charge on any atom is -0.497 e. The Bertz CT molecular complexity index is 1190. The third kappa shape index (κ3) is 8.26. The van der Waals surface area contributed by atoms with E-state index < -0.39 is 39.0 Å². The van der Waals surface area contributed by atoms with Crippen molar-refractivity contribution in [3.8, 4) is 5.75 Å². The van der Waals surface area contributed by atoms with Crippen LogP contribution >= 0.6 is 0 Å². The van der Waals surface area contributed by atoms with Gasteiger partial charge in [-0.15, -0.1) is 0 Å². The average molecular weight is 579 g/mol. The van der Waals surface area contributed by atoms with Crippen LogP contribution in [0.2, 0.25) is 25.7 Å². The largest absolute Gasteiger partial charge is 0.497 e. The maximum absolute atomic E-state index is 6.66. The molecular formula is C33H42O7Si. The Balaban J connectivity index is 1.40. The molecule has 220 valence electrons. The van der Waals surface area contributed by atoms with E-state index in [0.717, 1.165) is 28.5 Å². The van der Waals surface area contributed by atoms with Crippen LogP contribution in [0.1, 0.15) is 23.0 Å². The summed E-state index contributed by atoms with van der Waals surface area (Å²) < 4.78 is 44.3. The Hall–Kier alpha value is -2.56. The van der Waals surface area contributed by atoms with E-state index >= 15 is 0 Å². The average Bonchev–Trinajstić information content (AvgIpc) is 2.99. The van der Waals surface area contributed by atoms with E-state index in [1.807, 2.05) is 60.7 Å². The first-order chi connectivity index (χ1) is 19.9. The summed E-state index contributed by atoms with van der Waals surface area (Å²) in [5.41, 5.74) is 3.05. The van der Waals surface area contributed by atoms with Crippen LogP contribution in [0.3, 0.4) is 0 Å². The zero-order valence-corrected chi connectivity index (χ0v) is 25.4. The second-order valence-corrected chi connectivity index (χ2v) is 17.4. The predicted octanol–water partition coefficient (Wildman–Crippen LogP) is 6.36. The molecule has 0 bridgehead atoms. The number of rotatable bonds is 12. The number of fused-ring (bicyclic) bond motifs is 1. The molecule has 0 radical (unpaired) electrons. The Morgan fingerprint density at radius 1 is 0.732 bits per heavy atom. The van der Waals surface area contributed by atoms with Gasteiger partial charge < -0.3 is 33.2 Å². The molecule has 0 aliphatic carbocycles. The lowest BCUT2D eigenvalue weighted by Gasteiger charge is -2.49. The standard InChI is InChI=1S/C33H42O7Si/c1-34-27-17-15-26(16-18-27)32-38-23-28-29(40-32)30(36-21-24-11-7-5-8-12-24)31(37-22-25-13-9-6-10-14-25)33(39-28)35-19-20-41(2,3)4/h5-18,28-33H,19-23H2,1-4H3/t28-,29+,30+,31-,32?,33-/m1/s1. The van der Waals surface area contributed by atoms with Crippen molar-refractivity contribution in [3.05, 3.63) is 102 Å². The fraction of sp³-hybridized carbons (Fsp3) is 0.455. The van der Waals surface area contributed by atoms with E-state index in [9.17, 15) is 0 Å². The summed E-state index contributed by atoms with van der Waals surface area (Å²) in [6.45, 7) is 8.79. The van der Waals surface area contributed by atoms with Crippen LogP contribution in [0.25, 0.3) is 0 Å². The highest BCUT2D eigenvalue weighted by Gasteiger charge is 2.52. The maximum Gasteiger partial charge on any atom is 0.186 e. The van der Waals surface area contributed by atoms with Gasteiger partial charge in [0.1, 0.15) is 30.2 Å². The molecule has 41 heavy (non-hydrogen) atoms. The second kappa shape index (κ2) is 14.1. The van der Waals surface area contributed by atoms with E-state index in [2.05, 4.69) is 43.9 Å². The Kier molecular flexibility index (Phi) is 10.3. The molecule has 7 nitrogen and oxygen atoms in total. The van der Waals surface area contributed by atoms with Gasteiger partial charge in [-0.25, -0.2) is 0 Å². The van der Waals surface area contributed by atoms with E-state index in [0.29, 0.717) is 26.4 Å². The molecule has 2 aliphatic rings. The van der Waals surface area contributed by atoms with Crippen molar-refractivity contribution in [1.29, 1.82) is 0 Å². The topological polar surface area (TPSA) is 64.6 Å². The van der Waals surface area contributed by atoms with Crippen molar-refractivity contribution in [3.63, 3.8) is 0 Å². The summed E-state index contributed by atoms with van der Waals surface area (Å²) >= 11 is 0. The number of benzene rings is 3. The zero-order valence-electron chi connectivity index (χ0n) is 24.4. The van der Waals surface area contributed by atoms with Crippen molar-refractivity contribution in [1.82, 2.24) is 0 Å². The maximum atomic E-state index is 6.66. The van der Waals surface area contributed by atoms with Crippen molar-refractivity contribution < 1.29 is 33.2 Å². The van der Waals surface area contributed by atoms with Crippen LogP contribution in [0.4, 0.5) is 0 Å². The van der Waals surface area contributed by atoms with E-state index in [1.54, 1.807) is 7.11 Å². The van der Waals surface area contributed by atoms with Crippen molar-refractivity contribution in [2.24, 2.45) is 0 Å². The summed E-state index contributed by atoms with van der Waals surface area (Å²) in [5, 5.41) is 0. The Morgan fingerprint density at radius 2 is 1.34 bits per heavy atom. The smallest absolute Gasteiger partial charge is 0.186 e. The normalized spacial score (nSPS) is 26.3. The van der Waals surface area contributed by atoms with Gasteiger partial charge >= 0.3 is 0 Å². The lowest BCUT2D eigenvalue weighted by Crippen LogP contribution is -2.63. The van der Waals surface area contributed by atoms with Crippen LogP contribution in [0.5, 0.6) is 5.75 Å². The highest BCUT2D eigenvalue weighted by Crippen LogP contribution is 2.38. The quantitative estimate of drug-likeness (QED) is 0.232. The van der Waals surface area contributed by atoms with Gasteiger partial charge in [0.2, 0.25) is 0 Å². The van der Waals surface area contributed by atoms with Gasteiger partial charge in [0.05, 0.1) is 26.9 Å². The molecule has 0 N–H and O–H groups in total. The van der Waals surface area contributed by atoms with Crippen LogP contribution in [0.15, 0.2) is 84.9 Å². The SMILES string of the molecule is COc1ccc(C2OC[C@H]3O[C@@H](OCC[Si](C)(C)C)[C@H](OCc4ccccc4)[C@@H](OCc4ccccc4)[C@H]3O2)cc1. The molecule has 3 aromatic rings. The van der Waals surface area contributed by atoms with Crippen molar-refractivity contribution in [2.45, 2.75) is 75.9 Å². The summed E-state index contributed by atoms with van der Waals surface area (Å²) in [5.74, 6) is 0.778. The number of methoxy groups -OCH3 is 1. The monoisotopic (exact) mass is 578 g/mol. The Morgan fingerprint density at radius 3 is 1.93 bits per heavy atom. The highest BCUT2D eigenvalue weighted by atomic mass is 28.3. The number of ether oxygens (including phenoxy) is 7. The van der Waals surface area contributed by atoms with Crippen molar-refractivity contribution >= 4 is 8.07 Å². The van der Waals surface area contributed by atoms with Crippen LogP contribution in [-0.2, 0) is 41.6 Å². The molecule has 0 saturated carbocycles. The van der Waals surface area contributed by atoms with Crippen LogP contribution in [0, 0.1) is 0 Å². The molecule has 2 fully saturated rings. The zero-order chi connectivity index (χ0) is 28.7. The predicted molar refractivity (Wildman–Crippen MR) is 159 cm³/mol. The van der Waals surface area contributed by atoms with Gasteiger partial charge in [0.25, 0.3) is 0 Å². The molecule has 5 rings (SSSR count). The van der Waals surface area contributed by atoms with Crippen molar-refractivity contribution in [2.75, 3.05) is 20.3 Å². The lowest BCUT2D eigenvalue weighted by molar-refractivity contribution is -0.372. The molecule has 0 amide bonds. The van der Waals surface area contributed by atoms with E-state index in [1.165, 1.54) is 0 Å². The van der Waals surface area contributed by atoms with Gasteiger partial charge in [0.15, 0.2) is 12.6 Å². The molecule has 0 spiro atoms. The highest BCUT2D eigenvalue weighted by molar-refractivity contribution is 6.76. The van der Waals surface area contributed by atoms with E-state index in [-0.39, 0.29) is 6.10 Å². The van der Waals surface area contributed by atoms with Gasteiger partial charge in [0, 0.05) is 20.2 Å². The molecule has 8 heteroatoms. The molecule has 2 aliphatic heterocycles. The third-order valence-electron chi connectivity index (χ3n) is 7.38. The summed E-state index contributed by atoms with van der Waals surface area (Å²) in [7, 11) is 0.342. The molecule has 2 heterocycles. The van der Waals surface area contributed by atoms with Gasteiger partial charge in [-0.2, -0.15) is 0 Å². The minimum atomic E-state index is -1.31. The fourth-order valence-corrected chi connectivity index (χ4v) is 5.72. The molecule has 0 aromatic heterocycles. The molecule has 3 aromatic carbocycles. The van der Waals surface area contributed by atoms with Gasteiger partial charge in [-0.05, 0) is 29.3 Å². The fourth-order valence-electron chi connectivity index (χ4n) is 4.99. The van der Waals surface area contributed by atoms with Crippen LogP contribution in [-0.4, -0.2) is 59.1 Å². The van der Waals surface area contributed by atoms with Crippen LogP contribution < -0.4 is 4.74 Å². The first kappa shape index (κ1) is 29.9. The number of hydrogen-bond donors (Lipinski definition) is 0. The summed E-state index contributed by atoms with van der Waals surface area (Å²) in [6.07, 6.45) is -2.90. The van der Waals surface area contributed by atoms with E-state index in [4.69, 9.17) is 33.2 Å². The molecule has 1 unspecified atom stereocenters. The third-order valence-corrected chi connectivity index (χ3v) is 9.08. The Labute approximate surface area is 244 Å². The van der Waals surface area contributed by atoms with Gasteiger partial charge in [-0.3, -0.25) is 0 Å². The molecular weight excluding hydrogens is 536 g/mol. The molecule has 2 saturated heterocycles.